The molecule has 7 nitrogen and oxygen atoms in total. The second-order valence-electron chi connectivity index (χ2n) is 9.39. The molecular formula is C27H29F2N4O3P. The van der Waals surface area contributed by atoms with E-state index < -0.39 is 8.54 Å². The summed E-state index contributed by atoms with van der Waals surface area (Å²) in [6.45, 7) is 4.53. The maximum atomic E-state index is 13.5. The highest BCUT2D eigenvalue weighted by atomic mass is 31.2. The minimum atomic E-state index is -3.25. The number of fused-ring (bicyclic) bond motifs is 2. The number of hydrogen-bond donors (Lipinski definition) is 0. The molecule has 0 aliphatic carbocycles. The molecule has 0 radical (unpaired) electrons. The quantitative estimate of drug-likeness (QED) is 0.438. The zero-order valence-electron chi connectivity index (χ0n) is 21.5. The number of carbonyl (C=O) groups is 1. The van der Waals surface area contributed by atoms with Crippen molar-refractivity contribution in [1.29, 1.82) is 0 Å². The fourth-order valence-electron chi connectivity index (χ4n) is 5.27. The molecule has 2 aliphatic heterocycles. The minimum absolute atomic E-state index is 0.0338. The number of rotatable bonds is 5. The molecule has 3 aromatic rings. The maximum absolute atomic E-state index is 13.5. The van der Waals surface area contributed by atoms with Gasteiger partial charge in [0.2, 0.25) is 5.91 Å². The molecule has 37 heavy (non-hydrogen) atoms. The van der Waals surface area contributed by atoms with Crippen LogP contribution in [0, 0.1) is 0 Å². The van der Waals surface area contributed by atoms with E-state index in [0.29, 0.717) is 36.6 Å². The van der Waals surface area contributed by atoms with Crippen molar-refractivity contribution in [3.63, 3.8) is 0 Å². The van der Waals surface area contributed by atoms with Gasteiger partial charge in [-0.1, -0.05) is 12.1 Å². The van der Waals surface area contributed by atoms with E-state index >= 15 is 0 Å². The van der Waals surface area contributed by atoms with Gasteiger partial charge in [-0.05, 0) is 54.3 Å². The van der Waals surface area contributed by atoms with Crippen LogP contribution in [0.5, 0.6) is 11.5 Å². The number of carbonyl (C=O) groups excluding carboxylic acids is 1. The Morgan fingerprint density at radius 3 is 2.38 bits per heavy atom. The third kappa shape index (κ3) is 4.46. The number of hydrogen-bond acceptors (Lipinski definition) is 5. The molecule has 1 amide bonds. The van der Waals surface area contributed by atoms with Crippen molar-refractivity contribution < 1.29 is 22.7 Å². The number of benzene rings is 2. The summed E-state index contributed by atoms with van der Waals surface area (Å²) in [4.78, 5) is 16.4. The fourth-order valence-corrected chi connectivity index (χ4v) is 5.87. The van der Waals surface area contributed by atoms with Gasteiger partial charge in [0.25, 0.3) is 0 Å². The van der Waals surface area contributed by atoms with E-state index in [4.69, 9.17) is 9.47 Å². The lowest BCUT2D eigenvalue weighted by atomic mass is 9.92. The lowest BCUT2D eigenvalue weighted by molar-refractivity contribution is -0.127. The summed E-state index contributed by atoms with van der Waals surface area (Å²) in [5, 5.41) is 4.03. The van der Waals surface area contributed by atoms with Crippen LogP contribution in [0.25, 0.3) is 5.57 Å². The van der Waals surface area contributed by atoms with Gasteiger partial charge >= 0.3 is 8.54 Å². The van der Waals surface area contributed by atoms with E-state index in [-0.39, 0.29) is 17.4 Å². The van der Waals surface area contributed by atoms with Gasteiger partial charge in [0.1, 0.15) is 0 Å². The van der Waals surface area contributed by atoms with Crippen LogP contribution < -0.4 is 19.8 Å². The van der Waals surface area contributed by atoms with Crippen molar-refractivity contribution >= 4 is 31.1 Å². The summed E-state index contributed by atoms with van der Waals surface area (Å²) in [6.07, 6.45) is 2.58. The van der Waals surface area contributed by atoms with Crippen molar-refractivity contribution in [1.82, 2.24) is 14.7 Å². The SMILES string of the molecule is COc1cc2c(cc1OC)C(c1ccc(N3Cc4c(P(F)F)nn(C)c4C3)cc1)=CN(C(C)=O)C(C)C2. The summed E-state index contributed by atoms with van der Waals surface area (Å²) in [5.41, 5.74) is 6.20. The summed E-state index contributed by atoms with van der Waals surface area (Å²) in [7, 11) is 1.69. The topological polar surface area (TPSA) is 59.8 Å². The first kappa shape index (κ1) is 25.2. The van der Waals surface area contributed by atoms with E-state index in [1.807, 2.05) is 49.5 Å². The Balaban J connectivity index is 1.52. The molecule has 2 aliphatic rings. The molecular weight excluding hydrogens is 497 g/mol. The number of nitrogens with zero attached hydrogens (tertiary/aromatic N) is 4. The van der Waals surface area contributed by atoms with Crippen molar-refractivity contribution in [3.05, 3.63) is 70.5 Å². The standard InChI is InChI=1S/C27H29F2N4O3P/c1-16-10-19-11-25(35-4)26(36-5)12-21(19)22(14-33(16)17(2)34)18-6-8-20(9-7-18)32-13-23-24(15-32)31(3)30-27(23)37(28)29/h6-9,11-12,14,16H,10,13,15H2,1-5H3. The van der Waals surface area contributed by atoms with Crippen LogP contribution in [-0.4, -0.2) is 40.8 Å². The normalized spacial score (nSPS) is 16.9. The van der Waals surface area contributed by atoms with Gasteiger partial charge in [-0.15, -0.1) is 0 Å². The smallest absolute Gasteiger partial charge is 0.318 e. The van der Waals surface area contributed by atoms with Gasteiger partial charge in [0.05, 0.1) is 26.5 Å². The van der Waals surface area contributed by atoms with Gasteiger partial charge in [-0.25, -0.2) is 0 Å². The number of amides is 1. The molecule has 5 rings (SSSR count). The molecule has 3 heterocycles. The van der Waals surface area contributed by atoms with Crippen LogP contribution in [0.1, 0.15) is 41.8 Å². The third-order valence-corrected chi connectivity index (χ3v) is 7.85. The first-order chi connectivity index (χ1) is 17.7. The van der Waals surface area contributed by atoms with E-state index in [1.54, 1.807) is 37.8 Å². The number of aromatic nitrogens is 2. The van der Waals surface area contributed by atoms with Crippen LogP contribution in [-0.2, 0) is 31.4 Å². The molecule has 194 valence electrons. The van der Waals surface area contributed by atoms with E-state index in [1.165, 1.54) is 0 Å². The van der Waals surface area contributed by atoms with Crippen LogP contribution in [0.15, 0.2) is 42.6 Å². The highest BCUT2D eigenvalue weighted by Gasteiger charge is 2.31. The molecule has 0 saturated carbocycles. The lowest BCUT2D eigenvalue weighted by Crippen LogP contribution is -2.33. The number of aryl methyl sites for hydroxylation is 1. The van der Waals surface area contributed by atoms with Gasteiger partial charge in [-0.3, -0.25) is 9.48 Å². The van der Waals surface area contributed by atoms with E-state index in [2.05, 4.69) is 10.00 Å². The van der Waals surface area contributed by atoms with Crippen LogP contribution >= 0.6 is 8.54 Å². The average molecular weight is 527 g/mol. The first-order valence-corrected chi connectivity index (χ1v) is 13.1. The number of ether oxygens (including phenoxy) is 2. The molecule has 1 atom stereocenters. The van der Waals surface area contributed by atoms with E-state index in [0.717, 1.165) is 33.6 Å². The third-order valence-electron chi connectivity index (χ3n) is 7.17. The Labute approximate surface area is 216 Å². The van der Waals surface area contributed by atoms with Crippen LogP contribution in [0.2, 0.25) is 0 Å². The molecule has 0 fully saturated rings. The predicted octanol–water partition coefficient (Wildman–Crippen LogP) is 5.02. The summed E-state index contributed by atoms with van der Waals surface area (Å²) >= 11 is 0. The lowest BCUT2D eigenvalue weighted by Gasteiger charge is -2.23. The zero-order valence-corrected chi connectivity index (χ0v) is 22.4. The molecule has 0 bridgehead atoms. The Morgan fingerprint density at radius 2 is 1.76 bits per heavy atom. The van der Waals surface area contributed by atoms with Crippen molar-refractivity contribution in [3.8, 4) is 11.5 Å². The second kappa shape index (κ2) is 9.78. The number of methoxy groups -OCH3 is 2. The Kier molecular flexibility index (Phi) is 6.67. The second-order valence-corrected chi connectivity index (χ2v) is 10.3. The minimum Gasteiger partial charge on any atom is -0.493 e. The van der Waals surface area contributed by atoms with Gasteiger partial charge in [-0.2, -0.15) is 13.5 Å². The molecule has 1 aromatic heterocycles. The summed E-state index contributed by atoms with van der Waals surface area (Å²) < 4.78 is 39.7. The summed E-state index contributed by atoms with van der Waals surface area (Å²) in [6, 6.07) is 11.9. The molecule has 2 aromatic carbocycles. The number of anilines is 1. The molecule has 10 heteroatoms. The van der Waals surface area contributed by atoms with Gasteiger partial charge < -0.3 is 19.3 Å². The Morgan fingerprint density at radius 1 is 1.08 bits per heavy atom. The molecule has 0 saturated heterocycles. The fraction of sp³-hybridized carbons (Fsp3) is 0.333. The van der Waals surface area contributed by atoms with Gasteiger partial charge in [0, 0.05) is 49.6 Å². The van der Waals surface area contributed by atoms with Crippen LogP contribution in [0.3, 0.4) is 0 Å². The predicted molar refractivity (Wildman–Crippen MR) is 141 cm³/mol. The van der Waals surface area contributed by atoms with Crippen molar-refractivity contribution in [2.24, 2.45) is 7.05 Å². The Hall–Kier alpha value is -3.45. The molecule has 1 unspecified atom stereocenters. The maximum Gasteiger partial charge on any atom is 0.318 e. The number of halogens is 2. The summed E-state index contributed by atoms with van der Waals surface area (Å²) in [5.74, 6) is 1.23. The highest BCUT2D eigenvalue weighted by Crippen LogP contribution is 2.42. The van der Waals surface area contributed by atoms with Gasteiger partial charge in [0.15, 0.2) is 16.9 Å². The highest BCUT2D eigenvalue weighted by molar-refractivity contribution is 7.54. The molecule has 0 N–H and O–H groups in total. The van der Waals surface area contributed by atoms with Crippen molar-refractivity contribution in [2.75, 3.05) is 19.1 Å². The Bertz CT molecular complexity index is 1390. The molecule has 0 spiro atoms. The average Bonchev–Trinajstić information content (AvgIpc) is 3.40. The van der Waals surface area contributed by atoms with E-state index in [9.17, 15) is 13.2 Å². The van der Waals surface area contributed by atoms with Crippen molar-refractivity contribution in [2.45, 2.75) is 39.4 Å². The van der Waals surface area contributed by atoms with Crippen LogP contribution in [0.4, 0.5) is 14.1 Å². The monoisotopic (exact) mass is 526 g/mol. The zero-order chi connectivity index (χ0) is 26.4. The largest absolute Gasteiger partial charge is 0.493 e. The first-order valence-electron chi connectivity index (χ1n) is 12.0.